The molecule has 0 bridgehead atoms. The van der Waals surface area contributed by atoms with Crippen LogP contribution in [0.1, 0.15) is 265 Å². The standard InChI is InChI=1S/C69H112O6/c1-4-7-10-13-16-19-22-24-25-26-27-28-29-30-31-32-33-34-35-36-37-38-39-40-41-42-43-45-47-50-53-56-59-62-68(71)74-65-66(64-73-67(70)61-58-55-52-49-46-21-18-15-12-9-6-3)75-69(72)63-60-57-54-51-48-44-23-20-17-14-11-8-5-2/h7-8,10-11,16-17,19-20,24-25,27-28,30-31,33-34,36-37,44,48,54,57,66H,4-6,9,12-15,18,21-23,26,29,32,35,38-43,45-47,49-53,55-56,58-65H2,1-3H3/b10-7-,11-8-,19-16-,20-17-,25-24-,28-27-,31-30-,34-33-,37-36-,48-44-,57-54-. The molecule has 0 aromatic carbocycles. The van der Waals surface area contributed by atoms with Gasteiger partial charge in [0.1, 0.15) is 13.2 Å². The van der Waals surface area contributed by atoms with Crippen LogP contribution in [0.5, 0.6) is 0 Å². The van der Waals surface area contributed by atoms with Gasteiger partial charge in [-0.15, -0.1) is 0 Å². The molecule has 0 rings (SSSR count). The SMILES string of the molecule is CC/C=C\C/C=C\C/C=C\C/C=C\C/C=C\C/C=C\C/C=C\CCCCCCCCCCCCCC(=O)OCC(COC(=O)CCCCCCCCCCCCC)OC(=O)CC/C=C\C/C=C\C/C=C\C/C=C\CC. The molecule has 0 saturated carbocycles. The minimum absolute atomic E-state index is 0.108. The lowest BCUT2D eigenvalue weighted by molar-refractivity contribution is -0.166. The number of ether oxygens (including phenoxy) is 3. The number of allylic oxidation sites excluding steroid dienone is 22. The van der Waals surface area contributed by atoms with Gasteiger partial charge in [-0.25, -0.2) is 0 Å². The molecule has 6 heteroatoms. The Balaban J connectivity index is 4.21. The van der Waals surface area contributed by atoms with Gasteiger partial charge in [0.15, 0.2) is 6.10 Å². The third-order valence-corrected chi connectivity index (χ3v) is 12.7. The summed E-state index contributed by atoms with van der Waals surface area (Å²) in [5.41, 5.74) is 0. The van der Waals surface area contributed by atoms with Crippen molar-refractivity contribution in [3.63, 3.8) is 0 Å². The first kappa shape index (κ1) is 70.5. The van der Waals surface area contributed by atoms with Crippen molar-refractivity contribution in [1.82, 2.24) is 0 Å². The van der Waals surface area contributed by atoms with E-state index in [0.29, 0.717) is 19.3 Å². The van der Waals surface area contributed by atoms with E-state index in [4.69, 9.17) is 14.2 Å². The van der Waals surface area contributed by atoms with Crippen molar-refractivity contribution in [2.45, 2.75) is 271 Å². The summed E-state index contributed by atoms with van der Waals surface area (Å²) in [7, 11) is 0. The number of hydrogen-bond donors (Lipinski definition) is 0. The summed E-state index contributed by atoms with van der Waals surface area (Å²) in [5.74, 6) is -0.995. The molecule has 0 aliphatic rings. The molecular weight excluding hydrogens is 925 g/mol. The Morgan fingerprint density at radius 2 is 0.547 bits per heavy atom. The van der Waals surface area contributed by atoms with Crippen LogP contribution in [0.25, 0.3) is 0 Å². The van der Waals surface area contributed by atoms with Gasteiger partial charge in [-0.05, 0) is 103 Å². The summed E-state index contributed by atoms with van der Waals surface area (Å²) in [4.78, 5) is 38.1. The van der Waals surface area contributed by atoms with Crippen LogP contribution in [-0.2, 0) is 28.6 Å². The van der Waals surface area contributed by atoms with E-state index in [0.717, 1.165) is 109 Å². The van der Waals surface area contributed by atoms with Crippen molar-refractivity contribution in [3.05, 3.63) is 134 Å². The van der Waals surface area contributed by atoms with Gasteiger partial charge in [-0.2, -0.15) is 0 Å². The molecule has 0 N–H and O–H groups in total. The summed E-state index contributed by atoms with van der Waals surface area (Å²) in [6.07, 6.45) is 87.7. The number of carbonyl (C=O) groups excluding carboxylic acids is 3. The topological polar surface area (TPSA) is 78.9 Å². The van der Waals surface area contributed by atoms with Crippen LogP contribution in [0.2, 0.25) is 0 Å². The number of carbonyl (C=O) groups is 3. The molecule has 0 aliphatic carbocycles. The van der Waals surface area contributed by atoms with Crippen LogP contribution in [0, 0.1) is 0 Å². The predicted molar refractivity (Wildman–Crippen MR) is 325 cm³/mol. The number of esters is 3. The summed E-state index contributed by atoms with van der Waals surface area (Å²) in [6, 6.07) is 0. The fraction of sp³-hybridized carbons (Fsp3) is 0.638. The molecule has 0 amide bonds. The van der Waals surface area contributed by atoms with Crippen LogP contribution in [0.3, 0.4) is 0 Å². The van der Waals surface area contributed by atoms with Gasteiger partial charge >= 0.3 is 17.9 Å². The molecule has 0 aromatic rings. The van der Waals surface area contributed by atoms with Crippen LogP contribution in [-0.4, -0.2) is 37.2 Å². The largest absolute Gasteiger partial charge is 0.462 e. The first-order valence-corrected chi connectivity index (χ1v) is 30.7. The third kappa shape index (κ3) is 60.3. The average molecular weight is 1040 g/mol. The first-order valence-electron chi connectivity index (χ1n) is 30.7. The van der Waals surface area contributed by atoms with Gasteiger partial charge < -0.3 is 14.2 Å². The fourth-order valence-corrected chi connectivity index (χ4v) is 8.14. The monoisotopic (exact) mass is 1040 g/mol. The molecule has 424 valence electrons. The normalized spacial score (nSPS) is 13.1. The zero-order chi connectivity index (χ0) is 54.3. The average Bonchev–Trinajstić information content (AvgIpc) is 3.41. The molecule has 1 unspecified atom stereocenters. The highest BCUT2D eigenvalue weighted by atomic mass is 16.6. The van der Waals surface area contributed by atoms with Crippen LogP contribution in [0.15, 0.2) is 134 Å². The first-order chi connectivity index (χ1) is 37.0. The maximum Gasteiger partial charge on any atom is 0.306 e. The lowest BCUT2D eigenvalue weighted by atomic mass is 10.0. The molecular formula is C69H112O6. The number of rotatable bonds is 54. The Morgan fingerprint density at radius 3 is 0.867 bits per heavy atom. The molecule has 0 heterocycles. The predicted octanol–water partition coefficient (Wildman–Crippen LogP) is 21.0. The van der Waals surface area contributed by atoms with E-state index >= 15 is 0 Å². The van der Waals surface area contributed by atoms with E-state index < -0.39 is 12.1 Å². The summed E-state index contributed by atoms with van der Waals surface area (Å²) < 4.78 is 16.8. The fourth-order valence-electron chi connectivity index (χ4n) is 8.14. The van der Waals surface area contributed by atoms with Crippen molar-refractivity contribution in [1.29, 1.82) is 0 Å². The summed E-state index contributed by atoms with van der Waals surface area (Å²) in [6.45, 7) is 6.33. The Labute approximate surface area is 462 Å². The zero-order valence-electron chi connectivity index (χ0n) is 48.5. The minimum atomic E-state index is -0.818. The van der Waals surface area contributed by atoms with Gasteiger partial charge in [0.25, 0.3) is 0 Å². The molecule has 0 aliphatic heterocycles. The van der Waals surface area contributed by atoms with Gasteiger partial charge in [0, 0.05) is 19.3 Å². The molecule has 0 radical (unpaired) electrons. The highest BCUT2D eigenvalue weighted by molar-refractivity contribution is 5.71. The molecule has 0 aromatic heterocycles. The van der Waals surface area contributed by atoms with Gasteiger partial charge in [0.2, 0.25) is 0 Å². The van der Waals surface area contributed by atoms with Crippen LogP contribution < -0.4 is 0 Å². The van der Waals surface area contributed by atoms with Crippen molar-refractivity contribution in [2.75, 3.05) is 13.2 Å². The zero-order valence-corrected chi connectivity index (χ0v) is 48.5. The molecule has 0 fully saturated rings. The van der Waals surface area contributed by atoms with E-state index in [9.17, 15) is 14.4 Å². The van der Waals surface area contributed by atoms with Crippen LogP contribution >= 0.6 is 0 Å². The van der Waals surface area contributed by atoms with Gasteiger partial charge in [-0.1, -0.05) is 276 Å². The molecule has 0 spiro atoms. The molecule has 6 nitrogen and oxygen atoms in total. The smallest absolute Gasteiger partial charge is 0.306 e. The van der Waals surface area contributed by atoms with E-state index in [1.807, 2.05) is 12.2 Å². The van der Waals surface area contributed by atoms with Crippen molar-refractivity contribution >= 4 is 17.9 Å². The van der Waals surface area contributed by atoms with E-state index in [2.05, 4.69) is 142 Å². The van der Waals surface area contributed by atoms with E-state index in [1.54, 1.807) is 0 Å². The highest BCUT2D eigenvalue weighted by Crippen LogP contribution is 2.15. The lowest BCUT2D eigenvalue weighted by Gasteiger charge is -2.18. The second-order valence-corrected chi connectivity index (χ2v) is 19.9. The molecule has 0 saturated heterocycles. The Morgan fingerprint density at radius 1 is 0.280 bits per heavy atom. The maximum absolute atomic E-state index is 12.8. The van der Waals surface area contributed by atoms with Crippen molar-refractivity contribution < 1.29 is 28.6 Å². The summed E-state index contributed by atoms with van der Waals surface area (Å²) in [5, 5.41) is 0. The molecule has 1 atom stereocenters. The third-order valence-electron chi connectivity index (χ3n) is 12.7. The maximum atomic E-state index is 12.8. The quantitative estimate of drug-likeness (QED) is 0.0261. The molecule has 75 heavy (non-hydrogen) atoms. The number of unbranched alkanes of at least 4 members (excludes halogenated alkanes) is 21. The highest BCUT2D eigenvalue weighted by Gasteiger charge is 2.19. The van der Waals surface area contributed by atoms with Gasteiger partial charge in [0.05, 0.1) is 0 Å². The lowest BCUT2D eigenvalue weighted by Crippen LogP contribution is -2.30. The van der Waals surface area contributed by atoms with Crippen molar-refractivity contribution in [2.24, 2.45) is 0 Å². The number of hydrogen-bond acceptors (Lipinski definition) is 6. The van der Waals surface area contributed by atoms with Crippen LogP contribution in [0.4, 0.5) is 0 Å². The second kappa shape index (κ2) is 62.1. The Kier molecular flexibility index (Phi) is 58.4. The van der Waals surface area contributed by atoms with E-state index in [-0.39, 0.29) is 31.6 Å². The van der Waals surface area contributed by atoms with Gasteiger partial charge in [-0.3, -0.25) is 14.4 Å². The Bertz CT molecular complexity index is 1620. The Hall–Kier alpha value is -4.45. The van der Waals surface area contributed by atoms with E-state index in [1.165, 1.54) is 109 Å². The van der Waals surface area contributed by atoms with Crippen molar-refractivity contribution in [3.8, 4) is 0 Å². The minimum Gasteiger partial charge on any atom is -0.462 e. The second-order valence-electron chi connectivity index (χ2n) is 19.9. The summed E-state index contributed by atoms with van der Waals surface area (Å²) >= 11 is 0.